The fraction of sp³-hybridized carbons (Fsp3) is 0.667. The quantitative estimate of drug-likeness (QED) is 0.372. The van der Waals surface area contributed by atoms with E-state index >= 15 is 0 Å². The van der Waals surface area contributed by atoms with Gasteiger partial charge < -0.3 is 10.8 Å². The van der Waals surface area contributed by atoms with Crippen molar-refractivity contribution in [2.24, 2.45) is 5.73 Å². The van der Waals surface area contributed by atoms with Crippen LogP contribution < -0.4 is 5.73 Å². The number of carboxylic acid groups (broad SMARTS) is 1. The van der Waals surface area contributed by atoms with Crippen LogP contribution in [0.2, 0.25) is 0 Å². The molecule has 0 aromatic heterocycles. The van der Waals surface area contributed by atoms with Crippen molar-refractivity contribution in [3.63, 3.8) is 0 Å². The molecule has 0 aromatic carbocycles. The first-order valence-corrected chi connectivity index (χ1v) is 2.73. The van der Waals surface area contributed by atoms with Crippen LogP contribution in [-0.4, -0.2) is 14.6 Å². The van der Waals surface area contributed by atoms with Crippen LogP contribution >= 0.6 is 22.6 Å². The Bertz CT molecular complexity index is 85.4. The van der Waals surface area contributed by atoms with Crippen LogP contribution in [-0.2, 0) is 4.79 Å². The highest BCUT2D eigenvalue weighted by Crippen LogP contribution is 2.07. The monoisotopic (exact) mass is 215 g/mol. The van der Waals surface area contributed by atoms with Crippen LogP contribution in [0.5, 0.6) is 0 Å². The summed E-state index contributed by atoms with van der Waals surface area (Å²) >= 11 is 1.64. The van der Waals surface area contributed by atoms with Gasteiger partial charge in [-0.15, -0.1) is 0 Å². The Morgan fingerprint density at radius 2 is 2.14 bits per heavy atom. The van der Waals surface area contributed by atoms with Crippen molar-refractivity contribution in [3.05, 3.63) is 0 Å². The third-order valence-corrected chi connectivity index (χ3v) is 0.880. The summed E-state index contributed by atoms with van der Waals surface area (Å²) in [4.78, 5) is 9.89. The van der Waals surface area contributed by atoms with Crippen LogP contribution in [0, 0.1) is 0 Å². The zero-order chi connectivity index (χ0) is 6.08. The smallest absolute Gasteiger partial charge is 0.333 e. The minimum atomic E-state index is -1.11. The van der Waals surface area contributed by atoms with E-state index in [1.165, 1.54) is 6.92 Å². The maximum atomic E-state index is 9.89. The normalized spacial score (nSPS) is 18.1. The number of alkyl halides is 1. The molecule has 0 bridgehead atoms. The summed E-state index contributed by atoms with van der Waals surface area (Å²) in [5.74, 6) is -0.992. The van der Waals surface area contributed by atoms with Gasteiger partial charge in [-0.1, -0.05) is 0 Å². The van der Waals surface area contributed by atoms with Gasteiger partial charge in [0, 0.05) is 0 Å². The molecule has 0 saturated heterocycles. The van der Waals surface area contributed by atoms with E-state index in [2.05, 4.69) is 0 Å². The van der Waals surface area contributed by atoms with Crippen LogP contribution in [0.3, 0.4) is 0 Å². The fourth-order valence-electron chi connectivity index (χ4n) is 0. The summed E-state index contributed by atoms with van der Waals surface area (Å²) in [6, 6.07) is 0. The Kier molecular flexibility index (Phi) is 2.00. The molecule has 0 fully saturated rings. The molecule has 0 aliphatic heterocycles. The van der Waals surface area contributed by atoms with E-state index in [0.29, 0.717) is 0 Å². The van der Waals surface area contributed by atoms with Gasteiger partial charge in [0.25, 0.3) is 0 Å². The molecule has 3 nitrogen and oxygen atoms in total. The summed E-state index contributed by atoms with van der Waals surface area (Å²) in [6.07, 6.45) is 0. The molecule has 0 heterocycles. The molecule has 0 aliphatic carbocycles. The van der Waals surface area contributed by atoms with Gasteiger partial charge in [0.15, 0.2) is 3.55 Å². The van der Waals surface area contributed by atoms with E-state index in [-0.39, 0.29) is 0 Å². The lowest BCUT2D eigenvalue weighted by atomic mass is 10.4. The minimum absolute atomic E-state index is 0.992. The number of carboxylic acids is 1. The van der Waals surface area contributed by atoms with Crippen molar-refractivity contribution < 1.29 is 9.90 Å². The minimum Gasteiger partial charge on any atom is -0.479 e. The van der Waals surface area contributed by atoms with Gasteiger partial charge in [-0.05, 0) is 29.5 Å². The van der Waals surface area contributed by atoms with Gasteiger partial charge in [0.05, 0.1) is 0 Å². The fourth-order valence-corrected chi connectivity index (χ4v) is 0. The highest BCUT2D eigenvalue weighted by atomic mass is 127. The predicted octanol–water partition coefficient (Wildman–Crippen LogP) is 0.181. The number of halogens is 1. The molecule has 42 valence electrons. The Labute approximate surface area is 55.0 Å². The van der Waals surface area contributed by atoms with E-state index in [1.807, 2.05) is 0 Å². The lowest BCUT2D eigenvalue weighted by molar-refractivity contribution is -0.138. The molecule has 0 unspecified atom stereocenters. The van der Waals surface area contributed by atoms with Crippen LogP contribution in [0.25, 0.3) is 0 Å². The van der Waals surface area contributed by atoms with Gasteiger partial charge in [-0.3, -0.25) is 0 Å². The zero-order valence-corrected chi connectivity index (χ0v) is 5.97. The molecule has 0 rings (SSSR count). The first kappa shape index (κ1) is 7.16. The molecule has 0 aromatic rings. The largest absolute Gasteiger partial charge is 0.479 e. The summed E-state index contributed by atoms with van der Waals surface area (Å²) in [6.45, 7) is 1.43. The summed E-state index contributed by atoms with van der Waals surface area (Å²) in [5, 5.41) is 8.12. The molecule has 0 aliphatic rings. The third-order valence-electron chi connectivity index (χ3n) is 0.418. The van der Waals surface area contributed by atoms with Crippen molar-refractivity contribution in [2.75, 3.05) is 0 Å². The second kappa shape index (κ2) is 1.95. The molecule has 7 heavy (non-hydrogen) atoms. The first-order chi connectivity index (χ1) is 2.94. The van der Waals surface area contributed by atoms with Gasteiger partial charge >= 0.3 is 5.97 Å². The van der Waals surface area contributed by atoms with E-state index in [9.17, 15) is 4.79 Å². The third kappa shape index (κ3) is 2.81. The lowest BCUT2D eigenvalue weighted by Crippen LogP contribution is -2.37. The number of carbonyl (C=O) groups is 1. The number of aliphatic carboxylic acids is 1. The van der Waals surface area contributed by atoms with Crippen molar-refractivity contribution in [3.8, 4) is 0 Å². The molecule has 1 atom stereocenters. The number of nitrogens with two attached hydrogens (primary N) is 1. The highest BCUT2D eigenvalue weighted by Gasteiger charge is 2.22. The standard InChI is InChI=1S/C3H6INO2/c1-3(4,5)2(6)7/h5H2,1H3,(H,6,7)/t3-/m0/s1. The molecule has 3 N–H and O–H groups in total. The van der Waals surface area contributed by atoms with Crippen LogP contribution in [0.1, 0.15) is 6.92 Å². The van der Waals surface area contributed by atoms with Crippen molar-refractivity contribution in [1.82, 2.24) is 0 Å². The Morgan fingerprint density at radius 3 is 2.14 bits per heavy atom. The lowest BCUT2D eigenvalue weighted by Gasteiger charge is -2.06. The maximum absolute atomic E-state index is 9.89. The van der Waals surface area contributed by atoms with E-state index < -0.39 is 9.51 Å². The summed E-state index contributed by atoms with van der Waals surface area (Å²) in [5.41, 5.74) is 5.07. The summed E-state index contributed by atoms with van der Waals surface area (Å²) < 4.78 is -1.11. The van der Waals surface area contributed by atoms with E-state index in [0.717, 1.165) is 0 Å². The Balaban J connectivity index is 3.79. The van der Waals surface area contributed by atoms with Crippen LogP contribution in [0.15, 0.2) is 0 Å². The SMILES string of the molecule is C[C@@](N)(I)C(=O)O. The number of rotatable bonds is 1. The molecule has 4 heteroatoms. The van der Waals surface area contributed by atoms with Crippen LogP contribution in [0.4, 0.5) is 0 Å². The molecule has 0 amide bonds. The predicted molar refractivity (Wildman–Crippen MR) is 34.2 cm³/mol. The van der Waals surface area contributed by atoms with Gasteiger partial charge in [-0.2, -0.15) is 0 Å². The molecule has 0 saturated carbocycles. The molecule has 0 radical (unpaired) electrons. The topological polar surface area (TPSA) is 63.3 Å². The van der Waals surface area contributed by atoms with Crippen molar-refractivity contribution in [1.29, 1.82) is 0 Å². The molecular weight excluding hydrogens is 209 g/mol. The Hall–Kier alpha value is 0.160. The maximum Gasteiger partial charge on any atom is 0.333 e. The van der Waals surface area contributed by atoms with E-state index in [4.69, 9.17) is 10.8 Å². The zero-order valence-electron chi connectivity index (χ0n) is 3.81. The second-order valence-electron chi connectivity index (χ2n) is 1.38. The highest BCUT2D eigenvalue weighted by molar-refractivity contribution is 14.1. The van der Waals surface area contributed by atoms with E-state index in [1.54, 1.807) is 22.6 Å². The van der Waals surface area contributed by atoms with Gasteiger partial charge in [-0.25, -0.2) is 4.79 Å². The van der Waals surface area contributed by atoms with Gasteiger partial charge in [0.2, 0.25) is 0 Å². The second-order valence-corrected chi connectivity index (χ2v) is 3.62. The average molecular weight is 215 g/mol. The number of hydrogen-bond acceptors (Lipinski definition) is 2. The number of hydrogen-bond donors (Lipinski definition) is 2. The van der Waals surface area contributed by atoms with Crippen molar-refractivity contribution in [2.45, 2.75) is 10.5 Å². The first-order valence-electron chi connectivity index (χ1n) is 1.66. The van der Waals surface area contributed by atoms with Crippen molar-refractivity contribution >= 4 is 28.6 Å². The summed E-state index contributed by atoms with van der Waals surface area (Å²) in [7, 11) is 0. The van der Waals surface area contributed by atoms with Gasteiger partial charge in [0.1, 0.15) is 0 Å². The Morgan fingerprint density at radius 1 is 2.00 bits per heavy atom. The average Bonchev–Trinajstić information content (AvgIpc) is 1.31. The molecular formula is C3H6INO2. The molecule has 0 spiro atoms.